The highest BCUT2D eigenvalue weighted by Gasteiger charge is 2.13. The molecule has 0 aliphatic carbocycles. The van der Waals surface area contributed by atoms with Gasteiger partial charge in [0.2, 0.25) is 16.9 Å². The van der Waals surface area contributed by atoms with E-state index in [4.69, 9.17) is 4.52 Å². The predicted octanol–water partition coefficient (Wildman–Crippen LogP) is 2.08. The Morgan fingerprint density at radius 3 is 2.78 bits per heavy atom. The Kier molecular flexibility index (Phi) is 4.03. The fourth-order valence-electron chi connectivity index (χ4n) is 2.02. The van der Waals surface area contributed by atoms with Crippen molar-refractivity contribution in [2.24, 2.45) is 0 Å². The number of nitrogens with zero attached hydrogens (tertiary/aromatic N) is 5. The first-order chi connectivity index (χ1) is 10.9. The third-order valence-corrected chi connectivity index (χ3v) is 4.30. The number of rotatable bonds is 4. The number of hydrogen-bond acceptors (Lipinski definition) is 7. The van der Waals surface area contributed by atoms with E-state index in [2.05, 4.69) is 25.5 Å². The number of aromatic nitrogens is 5. The molecule has 0 radical (unpaired) electrons. The van der Waals surface area contributed by atoms with Crippen LogP contribution < -0.4 is 5.32 Å². The lowest BCUT2D eigenvalue weighted by molar-refractivity contribution is -0.113. The second kappa shape index (κ2) is 5.99. The second-order valence-electron chi connectivity index (χ2n) is 5.18. The molecule has 3 aromatic heterocycles. The molecule has 0 spiro atoms. The first-order valence-corrected chi connectivity index (χ1v) is 7.99. The molecular formula is C14H16N6O2S. The summed E-state index contributed by atoms with van der Waals surface area (Å²) in [5.41, 5.74) is 3.71. The SMILES string of the molecule is Cc1cc(NC(=O)CSc2nc3nc(C)c(C)c(C)n3n2)on1. The van der Waals surface area contributed by atoms with Gasteiger partial charge >= 0.3 is 0 Å². The molecule has 0 aliphatic heterocycles. The Balaban J connectivity index is 1.69. The number of hydrogen-bond donors (Lipinski definition) is 1. The van der Waals surface area contributed by atoms with Gasteiger partial charge in [0, 0.05) is 17.5 Å². The molecule has 0 atom stereocenters. The number of fused-ring (bicyclic) bond motifs is 1. The first-order valence-electron chi connectivity index (χ1n) is 7.00. The summed E-state index contributed by atoms with van der Waals surface area (Å²) >= 11 is 1.24. The molecule has 0 saturated heterocycles. The minimum absolute atomic E-state index is 0.174. The van der Waals surface area contributed by atoms with Crippen molar-refractivity contribution < 1.29 is 9.32 Å². The minimum atomic E-state index is -0.206. The molecule has 0 aliphatic rings. The molecule has 3 aromatic rings. The van der Waals surface area contributed by atoms with Gasteiger partial charge in [0.25, 0.3) is 5.78 Å². The van der Waals surface area contributed by atoms with E-state index in [1.807, 2.05) is 20.8 Å². The molecule has 0 fully saturated rings. The van der Waals surface area contributed by atoms with Crippen LogP contribution >= 0.6 is 11.8 Å². The third-order valence-electron chi connectivity index (χ3n) is 3.46. The van der Waals surface area contributed by atoms with E-state index in [-0.39, 0.29) is 11.7 Å². The zero-order chi connectivity index (χ0) is 16.6. The summed E-state index contributed by atoms with van der Waals surface area (Å²) in [7, 11) is 0. The van der Waals surface area contributed by atoms with E-state index in [1.54, 1.807) is 17.5 Å². The highest BCUT2D eigenvalue weighted by atomic mass is 32.2. The Hall–Kier alpha value is -2.42. The average molecular weight is 332 g/mol. The van der Waals surface area contributed by atoms with Crippen LogP contribution in [-0.2, 0) is 4.79 Å². The quantitative estimate of drug-likeness (QED) is 0.730. The maximum atomic E-state index is 11.9. The van der Waals surface area contributed by atoms with Gasteiger partial charge in [0.1, 0.15) is 0 Å². The van der Waals surface area contributed by atoms with Crippen molar-refractivity contribution in [3.63, 3.8) is 0 Å². The molecule has 1 amide bonds. The largest absolute Gasteiger partial charge is 0.338 e. The summed E-state index contributed by atoms with van der Waals surface area (Å²) in [5.74, 6) is 0.842. The van der Waals surface area contributed by atoms with Gasteiger partial charge in [-0.05, 0) is 33.3 Å². The van der Waals surface area contributed by atoms with Gasteiger partial charge in [0.05, 0.1) is 11.4 Å². The highest BCUT2D eigenvalue weighted by molar-refractivity contribution is 7.99. The van der Waals surface area contributed by atoms with Crippen molar-refractivity contribution in [2.75, 3.05) is 11.1 Å². The Morgan fingerprint density at radius 1 is 1.30 bits per heavy atom. The number of nitrogens with one attached hydrogen (secondary N) is 1. The fourth-order valence-corrected chi connectivity index (χ4v) is 2.64. The van der Waals surface area contributed by atoms with Crippen molar-refractivity contribution in [1.82, 2.24) is 24.7 Å². The van der Waals surface area contributed by atoms with E-state index >= 15 is 0 Å². The number of carbonyl (C=O) groups is 1. The van der Waals surface area contributed by atoms with Gasteiger partial charge in [-0.3, -0.25) is 10.1 Å². The van der Waals surface area contributed by atoms with Crippen LogP contribution in [0.4, 0.5) is 5.88 Å². The van der Waals surface area contributed by atoms with E-state index in [0.717, 1.165) is 17.0 Å². The summed E-state index contributed by atoms with van der Waals surface area (Å²) in [6.45, 7) is 7.70. The van der Waals surface area contributed by atoms with Crippen molar-refractivity contribution in [3.05, 3.63) is 28.7 Å². The minimum Gasteiger partial charge on any atom is -0.338 e. The van der Waals surface area contributed by atoms with Gasteiger partial charge in [0.15, 0.2) is 0 Å². The normalized spacial score (nSPS) is 11.1. The Morgan fingerprint density at radius 2 is 2.09 bits per heavy atom. The van der Waals surface area contributed by atoms with Crippen molar-refractivity contribution >= 4 is 29.3 Å². The lowest BCUT2D eigenvalue weighted by atomic mass is 10.2. The monoisotopic (exact) mass is 332 g/mol. The number of amides is 1. The molecule has 0 unspecified atom stereocenters. The summed E-state index contributed by atoms with van der Waals surface area (Å²) in [4.78, 5) is 20.6. The maximum Gasteiger partial charge on any atom is 0.253 e. The van der Waals surface area contributed by atoms with Gasteiger partial charge in [-0.15, -0.1) is 5.10 Å². The molecule has 8 nitrogen and oxygen atoms in total. The van der Waals surface area contributed by atoms with E-state index in [9.17, 15) is 4.79 Å². The van der Waals surface area contributed by atoms with Gasteiger partial charge in [-0.25, -0.2) is 9.50 Å². The van der Waals surface area contributed by atoms with Crippen LogP contribution in [-0.4, -0.2) is 36.4 Å². The van der Waals surface area contributed by atoms with Crippen LogP contribution in [0.5, 0.6) is 0 Å². The van der Waals surface area contributed by atoms with Gasteiger partial charge in [-0.1, -0.05) is 16.9 Å². The maximum absolute atomic E-state index is 11.9. The fraction of sp³-hybridized carbons (Fsp3) is 0.357. The third kappa shape index (κ3) is 3.19. The van der Waals surface area contributed by atoms with Crippen LogP contribution in [0.25, 0.3) is 5.78 Å². The van der Waals surface area contributed by atoms with Gasteiger partial charge in [-0.2, -0.15) is 4.98 Å². The highest BCUT2D eigenvalue weighted by Crippen LogP contribution is 2.18. The number of anilines is 1. The number of thioether (sulfide) groups is 1. The molecule has 23 heavy (non-hydrogen) atoms. The zero-order valence-corrected chi connectivity index (χ0v) is 14.1. The summed E-state index contributed by atoms with van der Waals surface area (Å²) < 4.78 is 6.64. The molecular weight excluding hydrogens is 316 g/mol. The van der Waals surface area contributed by atoms with E-state index in [0.29, 0.717) is 22.5 Å². The number of aryl methyl sites for hydroxylation is 3. The second-order valence-corrected chi connectivity index (χ2v) is 6.13. The smallest absolute Gasteiger partial charge is 0.253 e. The van der Waals surface area contributed by atoms with Crippen LogP contribution in [0.3, 0.4) is 0 Å². The van der Waals surface area contributed by atoms with Crippen molar-refractivity contribution in [1.29, 1.82) is 0 Å². The Bertz CT molecular complexity index is 885. The molecule has 0 bridgehead atoms. The van der Waals surface area contributed by atoms with Gasteiger partial charge < -0.3 is 4.52 Å². The summed E-state index contributed by atoms with van der Waals surface area (Å²) in [6.07, 6.45) is 0. The standard InChI is InChI=1S/C14H16N6O2S/c1-7-5-12(22-19-7)16-11(21)6-23-14-17-13-15-9(3)8(2)10(4)20(13)18-14/h5H,6H2,1-4H3,(H,16,21). The molecule has 120 valence electrons. The molecule has 9 heteroatoms. The van der Waals surface area contributed by atoms with E-state index < -0.39 is 0 Å². The molecule has 0 aromatic carbocycles. The van der Waals surface area contributed by atoms with Crippen molar-refractivity contribution in [3.8, 4) is 0 Å². The molecule has 1 N–H and O–H groups in total. The summed E-state index contributed by atoms with van der Waals surface area (Å²) in [6, 6.07) is 1.66. The molecule has 3 heterocycles. The van der Waals surface area contributed by atoms with Crippen LogP contribution in [0.2, 0.25) is 0 Å². The lowest BCUT2D eigenvalue weighted by Gasteiger charge is -2.04. The van der Waals surface area contributed by atoms with E-state index in [1.165, 1.54) is 11.8 Å². The van der Waals surface area contributed by atoms with Crippen LogP contribution in [0, 0.1) is 27.7 Å². The Labute approximate surface area is 136 Å². The average Bonchev–Trinajstić information content (AvgIpc) is 3.09. The zero-order valence-electron chi connectivity index (χ0n) is 13.2. The first kappa shape index (κ1) is 15.5. The van der Waals surface area contributed by atoms with Crippen LogP contribution in [0.1, 0.15) is 22.6 Å². The summed E-state index contributed by atoms with van der Waals surface area (Å²) in [5, 5.41) is 11.2. The molecule has 3 rings (SSSR count). The van der Waals surface area contributed by atoms with Crippen molar-refractivity contribution in [2.45, 2.75) is 32.9 Å². The number of carbonyl (C=O) groups excluding carboxylic acids is 1. The lowest BCUT2D eigenvalue weighted by Crippen LogP contribution is -2.13. The predicted molar refractivity (Wildman–Crippen MR) is 85.6 cm³/mol. The molecule has 0 saturated carbocycles. The topological polar surface area (TPSA) is 98.2 Å². The van der Waals surface area contributed by atoms with Crippen LogP contribution in [0.15, 0.2) is 15.7 Å².